The van der Waals surface area contributed by atoms with Gasteiger partial charge >= 0.3 is 6.18 Å². The summed E-state index contributed by atoms with van der Waals surface area (Å²) in [6.45, 7) is 0.312. The van der Waals surface area contributed by atoms with Gasteiger partial charge in [0.15, 0.2) is 0 Å². The minimum atomic E-state index is -4.10. The molecule has 0 saturated heterocycles. The summed E-state index contributed by atoms with van der Waals surface area (Å²) in [7, 11) is 1.61. The quantitative estimate of drug-likeness (QED) is 0.680. The van der Waals surface area contributed by atoms with Crippen LogP contribution in [-0.2, 0) is 0 Å². The lowest BCUT2D eigenvalue weighted by Crippen LogP contribution is -2.32. The molecule has 0 aromatic rings. The lowest BCUT2D eigenvalue weighted by atomic mass is 10.2. The van der Waals surface area contributed by atoms with Crippen molar-refractivity contribution in [2.75, 3.05) is 26.7 Å². The molecule has 6 heteroatoms. The van der Waals surface area contributed by atoms with Crippen molar-refractivity contribution in [1.82, 2.24) is 4.90 Å². The van der Waals surface area contributed by atoms with Gasteiger partial charge in [0.2, 0.25) is 0 Å². The molecule has 0 heterocycles. The Kier molecular flexibility index (Phi) is 6.06. The summed E-state index contributed by atoms with van der Waals surface area (Å²) >= 11 is 0. The third-order valence-corrected chi connectivity index (χ3v) is 1.89. The van der Waals surface area contributed by atoms with Crippen molar-refractivity contribution in [3.8, 4) is 0 Å². The molecule has 0 fully saturated rings. The highest BCUT2D eigenvalue weighted by Crippen LogP contribution is 2.19. The normalized spacial score (nSPS) is 14.8. The van der Waals surface area contributed by atoms with E-state index >= 15 is 0 Å². The number of hydrogen-bond donors (Lipinski definition) is 2. The van der Waals surface area contributed by atoms with Crippen molar-refractivity contribution in [3.63, 3.8) is 0 Å². The maximum atomic E-state index is 11.8. The van der Waals surface area contributed by atoms with Crippen molar-refractivity contribution >= 4 is 0 Å². The molecule has 0 rings (SSSR count). The Hall–Kier alpha value is -0.330. The fourth-order valence-corrected chi connectivity index (χ4v) is 0.907. The molecule has 14 heavy (non-hydrogen) atoms. The monoisotopic (exact) mass is 214 g/mol. The van der Waals surface area contributed by atoms with Crippen LogP contribution < -0.4 is 5.73 Å². The van der Waals surface area contributed by atoms with Gasteiger partial charge in [-0.2, -0.15) is 13.2 Å². The number of nitrogens with two attached hydrogens (primary N) is 1. The summed E-state index contributed by atoms with van der Waals surface area (Å²) in [6.07, 6.45) is -4.41. The smallest absolute Gasteiger partial charge is 0.390 e. The topological polar surface area (TPSA) is 49.5 Å². The summed E-state index contributed by atoms with van der Waals surface area (Å²) in [5.74, 6) is 0. The highest BCUT2D eigenvalue weighted by Gasteiger charge is 2.26. The summed E-state index contributed by atoms with van der Waals surface area (Å²) in [4.78, 5) is 1.56. The lowest BCUT2D eigenvalue weighted by molar-refractivity contribution is -0.137. The second-order valence-corrected chi connectivity index (χ2v) is 3.40. The van der Waals surface area contributed by atoms with E-state index in [0.29, 0.717) is 13.0 Å². The Morgan fingerprint density at radius 1 is 1.36 bits per heavy atom. The zero-order valence-corrected chi connectivity index (χ0v) is 8.22. The van der Waals surface area contributed by atoms with Gasteiger partial charge in [-0.25, -0.2) is 0 Å². The van der Waals surface area contributed by atoms with Crippen LogP contribution in [0.2, 0.25) is 0 Å². The van der Waals surface area contributed by atoms with Gasteiger partial charge in [-0.15, -0.1) is 0 Å². The van der Waals surface area contributed by atoms with Crippen LogP contribution in [0.1, 0.15) is 12.8 Å². The van der Waals surface area contributed by atoms with Crippen LogP contribution in [0, 0.1) is 0 Å². The zero-order chi connectivity index (χ0) is 11.2. The molecule has 0 aliphatic carbocycles. The van der Waals surface area contributed by atoms with E-state index in [4.69, 9.17) is 10.8 Å². The van der Waals surface area contributed by atoms with Gasteiger partial charge in [0.05, 0.1) is 13.0 Å². The first kappa shape index (κ1) is 13.7. The van der Waals surface area contributed by atoms with E-state index in [0.717, 1.165) is 0 Å². The largest absolute Gasteiger partial charge is 0.395 e. The maximum absolute atomic E-state index is 11.8. The number of halogens is 3. The molecule has 0 aliphatic heterocycles. The number of hydrogen-bond acceptors (Lipinski definition) is 3. The Bertz CT molecular complexity index is 152. The standard InChI is InChI=1S/C8H17F3N2O/c1-13(4-2-7(12)6-14)5-3-8(9,10)11/h7,14H,2-6,12H2,1H3. The fraction of sp³-hybridized carbons (Fsp3) is 1.00. The molecule has 1 unspecified atom stereocenters. The first-order valence-electron chi connectivity index (χ1n) is 4.47. The van der Waals surface area contributed by atoms with E-state index in [2.05, 4.69) is 0 Å². The van der Waals surface area contributed by atoms with Crippen LogP contribution in [0.25, 0.3) is 0 Å². The number of aliphatic hydroxyl groups excluding tert-OH is 1. The Morgan fingerprint density at radius 2 is 1.93 bits per heavy atom. The third-order valence-electron chi connectivity index (χ3n) is 1.89. The highest BCUT2D eigenvalue weighted by atomic mass is 19.4. The molecule has 0 spiro atoms. The first-order chi connectivity index (χ1) is 6.35. The van der Waals surface area contributed by atoms with Crippen molar-refractivity contribution < 1.29 is 18.3 Å². The van der Waals surface area contributed by atoms with E-state index in [1.807, 2.05) is 0 Å². The summed E-state index contributed by atoms with van der Waals surface area (Å²) in [5.41, 5.74) is 5.40. The van der Waals surface area contributed by atoms with E-state index in [1.54, 1.807) is 11.9 Å². The molecule has 0 aromatic carbocycles. The van der Waals surface area contributed by atoms with Gasteiger partial charge in [-0.05, 0) is 20.0 Å². The molecule has 3 N–H and O–H groups in total. The van der Waals surface area contributed by atoms with Crippen LogP contribution >= 0.6 is 0 Å². The molecule has 0 bridgehead atoms. The first-order valence-corrected chi connectivity index (χ1v) is 4.47. The van der Waals surface area contributed by atoms with Crippen LogP contribution in [0.5, 0.6) is 0 Å². The molecular formula is C8H17F3N2O. The van der Waals surface area contributed by atoms with Crippen LogP contribution in [0.15, 0.2) is 0 Å². The molecule has 0 aromatic heterocycles. The van der Waals surface area contributed by atoms with Gasteiger partial charge in [0, 0.05) is 12.6 Å². The average molecular weight is 214 g/mol. The molecule has 0 radical (unpaired) electrons. The third kappa shape index (κ3) is 8.28. The SMILES string of the molecule is CN(CCC(N)CO)CCC(F)(F)F. The molecule has 1 atom stereocenters. The molecule has 0 aliphatic rings. The van der Waals surface area contributed by atoms with E-state index in [1.165, 1.54) is 0 Å². The molecule has 86 valence electrons. The Morgan fingerprint density at radius 3 is 2.36 bits per heavy atom. The molecular weight excluding hydrogens is 197 g/mol. The molecule has 0 saturated carbocycles. The van der Waals surface area contributed by atoms with Crippen LogP contribution in [0.4, 0.5) is 13.2 Å². The second kappa shape index (κ2) is 6.21. The molecule has 0 amide bonds. The van der Waals surface area contributed by atoms with E-state index < -0.39 is 12.6 Å². The van der Waals surface area contributed by atoms with Gasteiger partial charge in [-0.3, -0.25) is 0 Å². The van der Waals surface area contributed by atoms with E-state index in [9.17, 15) is 13.2 Å². The summed E-state index contributed by atoms with van der Waals surface area (Å²) < 4.78 is 35.4. The number of aliphatic hydroxyl groups is 1. The Balaban J connectivity index is 3.51. The van der Waals surface area contributed by atoms with Gasteiger partial charge < -0.3 is 15.7 Å². The number of nitrogens with zero attached hydrogens (tertiary/aromatic N) is 1. The van der Waals surface area contributed by atoms with Gasteiger partial charge in [0.1, 0.15) is 0 Å². The van der Waals surface area contributed by atoms with Crippen LogP contribution in [-0.4, -0.2) is 49.0 Å². The van der Waals surface area contributed by atoms with Gasteiger partial charge in [0.25, 0.3) is 0 Å². The predicted octanol–water partition coefficient (Wildman–Crippen LogP) is 0.580. The average Bonchev–Trinajstić information content (AvgIpc) is 2.09. The second-order valence-electron chi connectivity index (χ2n) is 3.40. The van der Waals surface area contributed by atoms with Crippen molar-refractivity contribution in [2.24, 2.45) is 5.73 Å². The summed E-state index contributed by atoms with van der Waals surface area (Å²) in [5, 5.41) is 8.58. The number of rotatable bonds is 6. The Labute approximate surface area is 81.7 Å². The minimum absolute atomic E-state index is 0.0261. The van der Waals surface area contributed by atoms with Crippen LogP contribution in [0.3, 0.4) is 0 Å². The summed E-state index contributed by atoms with van der Waals surface area (Å²) in [6, 6.07) is -0.344. The van der Waals surface area contributed by atoms with Crippen molar-refractivity contribution in [2.45, 2.75) is 25.1 Å². The minimum Gasteiger partial charge on any atom is -0.395 e. The lowest BCUT2D eigenvalue weighted by Gasteiger charge is -2.19. The van der Waals surface area contributed by atoms with E-state index in [-0.39, 0.29) is 19.2 Å². The predicted molar refractivity (Wildman–Crippen MR) is 47.8 cm³/mol. The highest BCUT2D eigenvalue weighted by molar-refractivity contribution is 4.63. The maximum Gasteiger partial charge on any atom is 0.390 e. The van der Waals surface area contributed by atoms with Crippen molar-refractivity contribution in [3.05, 3.63) is 0 Å². The number of alkyl halides is 3. The van der Waals surface area contributed by atoms with Gasteiger partial charge in [-0.1, -0.05) is 0 Å². The zero-order valence-electron chi connectivity index (χ0n) is 8.22. The molecule has 3 nitrogen and oxygen atoms in total. The fourth-order valence-electron chi connectivity index (χ4n) is 0.907. The van der Waals surface area contributed by atoms with Crippen molar-refractivity contribution in [1.29, 1.82) is 0 Å².